The summed E-state index contributed by atoms with van der Waals surface area (Å²) in [5, 5.41) is 8.85. The van der Waals surface area contributed by atoms with Crippen molar-refractivity contribution in [1.82, 2.24) is 15.2 Å². The second-order valence-electron chi connectivity index (χ2n) is 5.18. The van der Waals surface area contributed by atoms with Gasteiger partial charge in [-0.15, -0.1) is 35.3 Å². The molecule has 122 valence electrons. The zero-order valence-electron chi connectivity index (χ0n) is 13.4. The highest BCUT2D eigenvalue weighted by molar-refractivity contribution is 14.0. The van der Waals surface area contributed by atoms with Gasteiger partial charge in [-0.3, -0.25) is 0 Å². The topological polar surface area (TPSA) is 41.4 Å². The van der Waals surface area contributed by atoms with Crippen LogP contribution in [-0.2, 0) is 13.6 Å². The summed E-state index contributed by atoms with van der Waals surface area (Å²) >= 11 is 1.81. The number of aliphatic imine (C=N–C) groups is 1. The van der Waals surface area contributed by atoms with Crippen molar-refractivity contribution in [3.8, 4) is 0 Å². The van der Waals surface area contributed by atoms with Gasteiger partial charge in [0.1, 0.15) is 0 Å². The van der Waals surface area contributed by atoms with Crippen molar-refractivity contribution in [3.63, 3.8) is 0 Å². The van der Waals surface area contributed by atoms with E-state index in [1.54, 1.807) is 11.3 Å². The molecule has 2 heterocycles. The lowest BCUT2D eigenvalue weighted by atomic mass is 10.1. The molecule has 22 heavy (non-hydrogen) atoms. The Morgan fingerprint density at radius 2 is 2.18 bits per heavy atom. The fraction of sp³-hybridized carbons (Fsp3) is 0.438. The Kier molecular flexibility index (Phi) is 8.55. The van der Waals surface area contributed by atoms with E-state index in [4.69, 9.17) is 0 Å². The number of nitrogens with one attached hydrogen (secondary N) is 2. The first kappa shape index (κ1) is 19.0. The number of aromatic nitrogens is 1. The number of hydrogen-bond donors (Lipinski definition) is 2. The lowest BCUT2D eigenvalue weighted by molar-refractivity contribution is 0.709. The Morgan fingerprint density at radius 3 is 2.77 bits per heavy atom. The van der Waals surface area contributed by atoms with Crippen LogP contribution >= 0.6 is 35.3 Å². The number of halogens is 1. The van der Waals surface area contributed by atoms with Crippen LogP contribution in [-0.4, -0.2) is 23.6 Å². The first-order valence-corrected chi connectivity index (χ1v) is 8.23. The van der Waals surface area contributed by atoms with E-state index in [1.807, 2.05) is 17.8 Å². The average molecular weight is 432 g/mol. The predicted molar refractivity (Wildman–Crippen MR) is 106 cm³/mol. The Morgan fingerprint density at radius 1 is 1.36 bits per heavy atom. The van der Waals surface area contributed by atoms with Crippen molar-refractivity contribution >= 4 is 41.3 Å². The van der Waals surface area contributed by atoms with Crippen LogP contribution in [0.5, 0.6) is 0 Å². The highest BCUT2D eigenvalue weighted by Crippen LogP contribution is 2.19. The molecule has 0 saturated heterocycles. The summed E-state index contributed by atoms with van der Waals surface area (Å²) in [4.78, 5) is 6.04. The first-order chi connectivity index (χ1) is 10.2. The molecule has 0 saturated carbocycles. The average Bonchev–Trinajstić information content (AvgIpc) is 3.13. The van der Waals surface area contributed by atoms with Gasteiger partial charge in [0.15, 0.2) is 5.96 Å². The zero-order chi connectivity index (χ0) is 15.1. The maximum Gasteiger partial charge on any atom is 0.191 e. The third kappa shape index (κ3) is 6.00. The minimum absolute atomic E-state index is 0. The van der Waals surface area contributed by atoms with Gasteiger partial charge in [-0.1, -0.05) is 13.0 Å². The Hall–Kier alpha value is -1.02. The Balaban J connectivity index is 0.00000242. The van der Waals surface area contributed by atoms with E-state index in [9.17, 15) is 0 Å². The van der Waals surface area contributed by atoms with Crippen molar-refractivity contribution in [2.45, 2.75) is 26.3 Å². The van der Waals surface area contributed by atoms with E-state index in [-0.39, 0.29) is 24.0 Å². The molecular weight excluding hydrogens is 407 g/mol. The van der Waals surface area contributed by atoms with Gasteiger partial charge in [-0.05, 0) is 30.0 Å². The van der Waals surface area contributed by atoms with Gasteiger partial charge in [0, 0.05) is 43.3 Å². The summed E-state index contributed by atoms with van der Waals surface area (Å²) in [7, 11) is 2.03. The molecule has 0 radical (unpaired) electrons. The smallest absolute Gasteiger partial charge is 0.191 e. The summed E-state index contributed by atoms with van der Waals surface area (Å²) in [5.41, 5.74) is 1.22. The summed E-state index contributed by atoms with van der Waals surface area (Å²) in [6.45, 7) is 6.78. The minimum Gasteiger partial charge on any atom is -0.357 e. The SMILES string of the molecule is CCNC(=NCc1ccn(C)c1)NCC(C)c1cccs1.I. The molecule has 0 fully saturated rings. The highest BCUT2D eigenvalue weighted by Gasteiger charge is 2.07. The summed E-state index contributed by atoms with van der Waals surface area (Å²) in [6.07, 6.45) is 4.14. The van der Waals surface area contributed by atoms with Crippen LogP contribution in [0.4, 0.5) is 0 Å². The molecule has 0 amide bonds. The molecule has 2 rings (SSSR count). The van der Waals surface area contributed by atoms with Crippen molar-refractivity contribution in [2.75, 3.05) is 13.1 Å². The summed E-state index contributed by atoms with van der Waals surface area (Å²) in [6, 6.07) is 6.39. The van der Waals surface area contributed by atoms with Crippen molar-refractivity contribution in [2.24, 2.45) is 12.0 Å². The monoisotopic (exact) mass is 432 g/mol. The lowest BCUT2D eigenvalue weighted by Crippen LogP contribution is -2.39. The van der Waals surface area contributed by atoms with Crippen LogP contribution in [0.1, 0.15) is 30.2 Å². The van der Waals surface area contributed by atoms with Gasteiger partial charge < -0.3 is 15.2 Å². The second-order valence-corrected chi connectivity index (χ2v) is 6.16. The molecule has 0 aliphatic carbocycles. The molecule has 0 aliphatic heterocycles. The first-order valence-electron chi connectivity index (χ1n) is 7.35. The molecule has 0 aromatic carbocycles. The van der Waals surface area contributed by atoms with Gasteiger partial charge in [0.25, 0.3) is 0 Å². The number of hydrogen-bond acceptors (Lipinski definition) is 2. The van der Waals surface area contributed by atoms with Crippen LogP contribution in [0, 0.1) is 0 Å². The molecule has 1 unspecified atom stereocenters. The second kappa shape index (κ2) is 9.89. The van der Waals surface area contributed by atoms with E-state index < -0.39 is 0 Å². The number of rotatable bonds is 6. The molecule has 2 aromatic heterocycles. The summed E-state index contributed by atoms with van der Waals surface area (Å²) in [5.74, 6) is 1.37. The van der Waals surface area contributed by atoms with Crippen molar-refractivity contribution in [3.05, 3.63) is 46.4 Å². The van der Waals surface area contributed by atoms with E-state index in [2.05, 4.69) is 59.2 Å². The van der Waals surface area contributed by atoms with Gasteiger partial charge in [0.2, 0.25) is 0 Å². The maximum atomic E-state index is 4.63. The van der Waals surface area contributed by atoms with Gasteiger partial charge in [-0.2, -0.15) is 0 Å². The molecule has 6 heteroatoms. The molecule has 2 aromatic rings. The highest BCUT2D eigenvalue weighted by atomic mass is 127. The van der Waals surface area contributed by atoms with Crippen LogP contribution in [0.3, 0.4) is 0 Å². The van der Waals surface area contributed by atoms with Gasteiger partial charge in [0.05, 0.1) is 6.54 Å². The fourth-order valence-corrected chi connectivity index (χ4v) is 2.88. The summed E-state index contributed by atoms with van der Waals surface area (Å²) < 4.78 is 2.05. The van der Waals surface area contributed by atoms with E-state index in [0.29, 0.717) is 12.5 Å². The van der Waals surface area contributed by atoms with Crippen LogP contribution < -0.4 is 10.6 Å². The van der Waals surface area contributed by atoms with E-state index in [1.165, 1.54) is 10.4 Å². The molecule has 0 spiro atoms. The van der Waals surface area contributed by atoms with E-state index in [0.717, 1.165) is 19.0 Å². The number of guanidine groups is 1. The molecular formula is C16H25IN4S. The molecule has 2 N–H and O–H groups in total. The quantitative estimate of drug-likeness (QED) is 0.417. The fourth-order valence-electron chi connectivity index (χ4n) is 2.09. The van der Waals surface area contributed by atoms with Gasteiger partial charge >= 0.3 is 0 Å². The third-order valence-corrected chi connectivity index (χ3v) is 4.37. The largest absolute Gasteiger partial charge is 0.357 e. The van der Waals surface area contributed by atoms with Crippen LogP contribution in [0.25, 0.3) is 0 Å². The molecule has 4 nitrogen and oxygen atoms in total. The minimum atomic E-state index is 0. The predicted octanol–water partition coefficient (Wildman–Crippen LogP) is 3.56. The van der Waals surface area contributed by atoms with E-state index >= 15 is 0 Å². The standard InChI is InChI=1S/C16H24N4S.HI/c1-4-17-16(19-11-14-7-8-20(3)12-14)18-10-13(2)15-6-5-9-21-15;/h5-9,12-13H,4,10-11H2,1-3H3,(H2,17,18,19);1H. The van der Waals surface area contributed by atoms with Crippen molar-refractivity contribution in [1.29, 1.82) is 0 Å². The zero-order valence-corrected chi connectivity index (χ0v) is 16.5. The van der Waals surface area contributed by atoms with Gasteiger partial charge in [-0.25, -0.2) is 4.99 Å². The number of nitrogens with zero attached hydrogens (tertiary/aromatic N) is 2. The van der Waals surface area contributed by atoms with Crippen LogP contribution in [0.15, 0.2) is 41.0 Å². The molecule has 1 atom stereocenters. The molecule has 0 bridgehead atoms. The normalized spacial score (nSPS) is 12.6. The number of aryl methyl sites for hydroxylation is 1. The lowest BCUT2D eigenvalue weighted by Gasteiger charge is -2.14. The Labute approximate surface area is 154 Å². The van der Waals surface area contributed by atoms with Crippen LogP contribution in [0.2, 0.25) is 0 Å². The Bertz CT molecular complexity index is 562. The van der Waals surface area contributed by atoms with Crippen molar-refractivity contribution < 1.29 is 0 Å². The number of thiophene rings is 1. The molecule has 0 aliphatic rings. The maximum absolute atomic E-state index is 4.63. The third-order valence-electron chi connectivity index (χ3n) is 3.26.